The van der Waals surface area contributed by atoms with Crippen molar-refractivity contribution < 1.29 is 9.90 Å². The molecule has 0 atom stereocenters. The van der Waals surface area contributed by atoms with Crippen LogP contribution in [-0.4, -0.2) is 11.1 Å². The summed E-state index contributed by atoms with van der Waals surface area (Å²) in [5.74, 6) is 3.80. The van der Waals surface area contributed by atoms with Crippen molar-refractivity contribution in [2.24, 2.45) is 0 Å². The Morgan fingerprint density at radius 3 is 1.86 bits per heavy atom. The smallest absolute Gasteiger partial charge is 0.381 e. The Bertz CT molecular complexity index is 333. The fourth-order valence-corrected chi connectivity index (χ4v) is 2.42. The molecule has 2 nitrogen and oxygen atoms in total. The van der Waals surface area contributed by atoms with E-state index in [-0.39, 0.29) is 0 Å². The Hall–Kier alpha value is -1.23. The van der Waals surface area contributed by atoms with Crippen LogP contribution >= 0.6 is 0 Å². The van der Waals surface area contributed by atoms with Crippen LogP contribution in [0.25, 0.3) is 0 Å². The monoisotopic (exact) mass is 306 g/mol. The normalized spacial score (nSPS) is 10.6. The first kappa shape index (κ1) is 20.8. The van der Waals surface area contributed by atoms with Crippen molar-refractivity contribution in [3.63, 3.8) is 0 Å². The van der Waals surface area contributed by atoms with Crippen LogP contribution < -0.4 is 0 Å². The van der Waals surface area contributed by atoms with Gasteiger partial charge in [0.25, 0.3) is 0 Å². The molecule has 2 heteroatoms. The Balaban J connectivity index is 3.15. The van der Waals surface area contributed by atoms with Gasteiger partial charge in [-0.2, -0.15) is 0 Å². The second-order valence-electron chi connectivity index (χ2n) is 5.94. The van der Waals surface area contributed by atoms with Crippen LogP contribution in [0.3, 0.4) is 0 Å². The highest BCUT2D eigenvalue weighted by Gasteiger charge is 1.90. The maximum atomic E-state index is 10.2. The minimum absolute atomic E-state index is 0.713. The molecule has 0 saturated heterocycles. The van der Waals surface area contributed by atoms with Gasteiger partial charge in [-0.3, -0.25) is 0 Å². The molecule has 0 radical (unpaired) electrons. The molecule has 0 rings (SSSR count). The Morgan fingerprint density at radius 1 is 0.818 bits per heavy atom. The zero-order chi connectivity index (χ0) is 16.3. The molecule has 0 bridgehead atoms. The van der Waals surface area contributed by atoms with Crippen molar-refractivity contribution in [1.82, 2.24) is 0 Å². The van der Waals surface area contributed by atoms with Crippen molar-refractivity contribution in [2.75, 3.05) is 0 Å². The van der Waals surface area contributed by atoms with E-state index in [2.05, 4.69) is 30.9 Å². The molecular weight excluding hydrogens is 272 g/mol. The molecule has 0 amide bonds. The van der Waals surface area contributed by atoms with Crippen LogP contribution in [0.2, 0.25) is 0 Å². The summed E-state index contributed by atoms with van der Waals surface area (Å²) in [7, 11) is 0. The van der Waals surface area contributed by atoms with Gasteiger partial charge in [0.15, 0.2) is 0 Å². The fraction of sp³-hybridized carbons (Fsp3) is 0.750. The van der Waals surface area contributed by atoms with Gasteiger partial charge in [0.2, 0.25) is 0 Å². The third-order valence-electron chi connectivity index (χ3n) is 3.76. The van der Waals surface area contributed by atoms with Crippen molar-refractivity contribution in [3.8, 4) is 11.8 Å². The molecule has 0 unspecified atom stereocenters. The molecule has 0 saturated carbocycles. The SMILES string of the molecule is CCCCCCCC/C=C\CCCCCCCC#CC(=O)O. The maximum Gasteiger partial charge on any atom is 0.381 e. The number of hydrogen-bond acceptors (Lipinski definition) is 1. The zero-order valence-electron chi connectivity index (χ0n) is 14.4. The first-order valence-corrected chi connectivity index (χ1v) is 9.14. The molecule has 0 spiro atoms. The van der Waals surface area contributed by atoms with Gasteiger partial charge in [-0.1, -0.05) is 76.4 Å². The molecule has 126 valence electrons. The number of aliphatic carboxylic acids is 1. The molecule has 0 fully saturated rings. The lowest BCUT2D eigenvalue weighted by Crippen LogP contribution is -1.86. The van der Waals surface area contributed by atoms with E-state index in [0.29, 0.717) is 6.42 Å². The molecule has 22 heavy (non-hydrogen) atoms. The fourth-order valence-electron chi connectivity index (χ4n) is 2.42. The minimum Gasteiger partial charge on any atom is -0.472 e. The minimum atomic E-state index is -1.02. The molecule has 1 N–H and O–H groups in total. The average molecular weight is 306 g/mol. The molecule has 0 heterocycles. The van der Waals surface area contributed by atoms with E-state index in [4.69, 9.17) is 5.11 Å². The summed E-state index contributed by atoms with van der Waals surface area (Å²) in [6, 6.07) is 0. The van der Waals surface area contributed by atoms with Gasteiger partial charge in [-0.15, -0.1) is 0 Å². The summed E-state index contributed by atoms with van der Waals surface area (Å²) < 4.78 is 0. The summed E-state index contributed by atoms with van der Waals surface area (Å²) in [6.45, 7) is 2.26. The first-order valence-electron chi connectivity index (χ1n) is 9.14. The van der Waals surface area contributed by atoms with Crippen molar-refractivity contribution >= 4 is 5.97 Å². The summed E-state index contributed by atoms with van der Waals surface area (Å²) in [4.78, 5) is 10.2. The van der Waals surface area contributed by atoms with E-state index < -0.39 is 5.97 Å². The summed E-state index contributed by atoms with van der Waals surface area (Å²) in [5.41, 5.74) is 0. The molecule has 0 aromatic carbocycles. The Morgan fingerprint density at radius 2 is 1.32 bits per heavy atom. The predicted molar refractivity (Wildman–Crippen MR) is 94.9 cm³/mol. The van der Waals surface area contributed by atoms with Crippen LogP contribution in [0.15, 0.2) is 12.2 Å². The van der Waals surface area contributed by atoms with Crippen molar-refractivity contribution in [2.45, 2.75) is 96.8 Å². The average Bonchev–Trinajstić information content (AvgIpc) is 2.50. The summed E-state index contributed by atoms with van der Waals surface area (Å²) in [5, 5.41) is 8.36. The third kappa shape index (κ3) is 18.8. The highest BCUT2D eigenvalue weighted by Crippen LogP contribution is 2.09. The number of carbonyl (C=O) groups is 1. The lowest BCUT2D eigenvalue weighted by atomic mass is 10.1. The molecule has 0 aromatic heterocycles. The van der Waals surface area contributed by atoms with E-state index in [1.54, 1.807) is 0 Å². The van der Waals surface area contributed by atoms with Gasteiger partial charge < -0.3 is 5.11 Å². The Labute approximate surface area is 137 Å². The molecular formula is C20H34O2. The van der Waals surface area contributed by atoms with Crippen molar-refractivity contribution in [3.05, 3.63) is 12.2 Å². The van der Waals surface area contributed by atoms with E-state index in [1.165, 1.54) is 70.6 Å². The standard InChI is InChI=1S/C20H34O2/c1-2-3-4-5-6-7-8-9-10-11-12-13-14-15-16-17-18-19-20(21)22/h9-10H,2-8,11-17H2,1H3,(H,21,22)/b10-9-. The second-order valence-corrected chi connectivity index (χ2v) is 5.94. The topological polar surface area (TPSA) is 37.3 Å². The van der Waals surface area contributed by atoms with Crippen LogP contribution in [0.5, 0.6) is 0 Å². The highest BCUT2D eigenvalue weighted by molar-refractivity contribution is 5.86. The quantitative estimate of drug-likeness (QED) is 0.239. The first-order chi connectivity index (χ1) is 10.8. The number of allylic oxidation sites excluding steroid dienone is 2. The van der Waals surface area contributed by atoms with E-state index in [1.807, 2.05) is 0 Å². The molecule has 0 aliphatic heterocycles. The number of hydrogen-bond donors (Lipinski definition) is 1. The molecule has 0 aromatic rings. The maximum absolute atomic E-state index is 10.2. The van der Waals surface area contributed by atoms with Gasteiger partial charge >= 0.3 is 5.97 Å². The second kappa shape index (κ2) is 17.8. The van der Waals surface area contributed by atoms with E-state index in [9.17, 15) is 4.79 Å². The van der Waals surface area contributed by atoms with E-state index in [0.717, 1.165) is 12.8 Å². The predicted octanol–water partition coefficient (Wildman–Crippen LogP) is 6.11. The van der Waals surface area contributed by atoms with Gasteiger partial charge in [-0.05, 0) is 32.1 Å². The van der Waals surface area contributed by atoms with E-state index >= 15 is 0 Å². The number of unbranched alkanes of at least 4 members (excludes halogenated alkanes) is 12. The lowest BCUT2D eigenvalue weighted by molar-refractivity contribution is -0.130. The van der Waals surface area contributed by atoms with Crippen LogP contribution in [0.4, 0.5) is 0 Å². The summed E-state index contributed by atoms with van der Waals surface area (Å²) >= 11 is 0. The summed E-state index contributed by atoms with van der Waals surface area (Å²) in [6.07, 6.45) is 22.1. The Kier molecular flexibility index (Phi) is 16.8. The van der Waals surface area contributed by atoms with Crippen LogP contribution in [-0.2, 0) is 4.79 Å². The number of carboxylic acid groups (broad SMARTS) is 1. The van der Waals surface area contributed by atoms with Crippen LogP contribution in [0, 0.1) is 11.8 Å². The number of carboxylic acids is 1. The largest absolute Gasteiger partial charge is 0.472 e. The van der Waals surface area contributed by atoms with Crippen LogP contribution in [0.1, 0.15) is 96.8 Å². The van der Waals surface area contributed by atoms with Gasteiger partial charge in [0, 0.05) is 12.3 Å². The van der Waals surface area contributed by atoms with Gasteiger partial charge in [0.1, 0.15) is 0 Å². The van der Waals surface area contributed by atoms with Gasteiger partial charge in [-0.25, -0.2) is 4.79 Å². The molecule has 0 aliphatic rings. The molecule has 0 aliphatic carbocycles. The highest BCUT2D eigenvalue weighted by atomic mass is 16.4. The van der Waals surface area contributed by atoms with Gasteiger partial charge in [0.05, 0.1) is 0 Å². The third-order valence-corrected chi connectivity index (χ3v) is 3.76. The van der Waals surface area contributed by atoms with Crippen molar-refractivity contribution in [1.29, 1.82) is 0 Å². The lowest BCUT2D eigenvalue weighted by Gasteiger charge is -1.98. The number of rotatable bonds is 14. The zero-order valence-corrected chi connectivity index (χ0v) is 14.4.